The summed E-state index contributed by atoms with van der Waals surface area (Å²) in [5.74, 6) is -4.26. The zero-order valence-corrected chi connectivity index (χ0v) is 11.4. The van der Waals surface area contributed by atoms with E-state index < -0.39 is 38.5 Å². The zero-order chi connectivity index (χ0) is 15.3. The first kappa shape index (κ1) is 16.9. The Bertz CT molecular complexity index is 542. The predicted molar refractivity (Wildman–Crippen MR) is 64.0 cm³/mol. The van der Waals surface area contributed by atoms with Crippen LogP contribution in [0.2, 0.25) is 0 Å². The largest absolute Gasteiger partial charge is 0.391 e. The second kappa shape index (κ2) is 7.02. The number of halogens is 3. The minimum Gasteiger partial charge on any atom is -0.391 e. The van der Waals surface area contributed by atoms with E-state index in [1.165, 1.54) is 7.11 Å². The van der Waals surface area contributed by atoms with E-state index in [0.29, 0.717) is 0 Å². The van der Waals surface area contributed by atoms with E-state index in [1.54, 1.807) is 0 Å². The lowest BCUT2D eigenvalue weighted by Gasteiger charge is -2.11. The molecule has 0 spiro atoms. The third kappa shape index (κ3) is 4.44. The molecule has 2 N–H and O–H groups in total. The normalized spacial score (nSPS) is 13.4. The van der Waals surface area contributed by atoms with Crippen LogP contribution in [0.1, 0.15) is 6.42 Å². The van der Waals surface area contributed by atoms with Crippen LogP contribution in [0, 0.1) is 17.5 Å². The molecule has 9 heteroatoms. The molecular formula is C11H14F3NO4S. The molecule has 20 heavy (non-hydrogen) atoms. The highest BCUT2D eigenvalue weighted by Crippen LogP contribution is 2.19. The average molecular weight is 313 g/mol. The van der Waals surface area contributed by atoms with Crippen molar-refractivity contribution >= 4 is 10.0 Å². The molecule has 0 fully saturated rings. The standard InChI is InChI=1S/C11H14F3NO4S/c1-19-6-8(16)2-3-15-20(17,18)11-9(13)4-7(12)5-10(11)14/h4-5,8,15-16H,2-3,6H2,1H3. The summed E-state index contributed by atoms with van der Waals surface area (Å²) in [6.07, 6.45) is -0.914. The fourth-order valence-corrected chi connectivity index (χ4v) is 2.66. The van der Waals surface area contributed by atoms with Gasteiger partial charge in [0.15, 0.2) is 4.90 Å². The average Bonchev–Trinajstić information content (AvgIpc) is 2.26. The molecule has 0 aliphatic heterocycles. The third-order valence-corrected chi connectivity index (χ3v) is 3.87. The van der Waals surface area contributed by atoms with E-state index in [2.05, 4.69) is 4.74 Å². The van der Waals surface area contributed by atoms with Crippen molar-refractivity contribution in [2.75, 3.05) is 20.3 Å². The maximum atomic E-state index is 13.3. The number of methoxy groups -OCH3 is 1. The molecule has 5 nitrogen and oxygen atoms in total. The van der Waals surface area contributed by atoms with E-state index >= 15 is 0 Å². The molecule has 1 aromatic carbocycles. The van der Waals surface area contributed by atoms with Crippen molar-refractivity contribution in [2.45, 2.75) is 17.4 Å². The fraction of sp³-hybridized carbons (Fsp3) is 0.455. The van der Waals surface area contributed by atoms with Crippen LogP contribution in [0.4, 0.5) is 13.2 Å². The number of aliphatic hydroxyl groups excluding tert-OH is 1. The number of benzene rings is 1. The van der Waals surface area contributed by atoms with Crippen LogP contribution in [0.25, 0.3) is 0 Å². The smallest absolute Gasteiger partial charge is 0.246 e. The Balaban J connectivity index is 2.80. The second-order valence-corrected chi connectivity index (χ2v) is 5.70. The number of hydrogen-bond donors (Lipinski definition) is 2. The SMILES string of the molecule is COCC(O)CCNS(=O)(=O)c1c(F)cc(F)cc1F. The van der Waals surface area contributed by atoms with E-state index in [4.69, 9.17) is 0 Å². The molecule has 1 atom stereocenters. The van der Waals surface area contributed by atoms with Crippen molar-refractivity contribution in [3.05, 3.63) is 29.6 Å². The summed E-state index contributed by atoms with van der Waals surface area (Å²) < 4.78 is 69.3. The molecule has 0 aliphatic rings. The molecule has 0 aliphatic carbocycles. The van der Waals surface area contributed by atoms with Gasteiger partial charge < -0.3 is 9.84 Å². The van der Waals surface area contributed by atoms with Gasteiger partial charge in [-0.1, -0.05) is 0 Å². The third-order valence-electron chi connectivity index (χ3n) is 2.36. The molecule has 1 unspecified atom stereocenters. The minimum atomic E-state index is -4.47. The molecule has 0 bridgehead atoms. The lowest BCUT2D eigenvalue weighted by Crippen LogP contribution is -2.30. The summed E-state index contributed by atoms with van der Waals surface area (Å²) in [5.41, 5.74) is 0. The van der Waals surface area contributed by atoms with Gasteiger partial charge in [0.1, 0.15) is 17.5 Å². The van der Waals surface area contributed by atoms with Crippen LogP contribution in [-0.4, -0.2) is 39.9 Å². The van der Waals surface area contributed by atoms with Crippen molar-refractivity contribution in [1.29, 1.82) is 0 Å². The highest BCUT2D eigenvalue weighted by Gasteiger charge is 2.24. The Morgan fingerprint density at radius 1 is 1.30 bits per heavy atom. The lowest BCUT2D eigenvalue weighted by molar-refractivity contribution is 0.0603. The molecule has 0 radical (unpaired) electrons. The number of ether oxygens (including phenoxy) is 1. The number of nitrogens with one attached hydrogen (secondary N) is 1. The Kier molecular flexibility index (Phi) is 5.93. The summed E-state index contributed by atoms with van der Waals surface area (Å²) >= 11 is 0. The van der Waals surface area contributed by atoms with Gasteiger partial charge in [-0.25, -0.2) is 26.3 Å². The van der Waals surface area contributed by atoms with Crippen molar-refractivity contribution in [2.24, 2.45) is 0 Å². The van der Waals surface area contributed by atoms with E-state index in [0.717, 1.165) is 0 Å². The Hall–Kier alpha value is -1.16. The van der Waals surface area contributed by atoms with Gasteiger partial charge in [-0.2, -0.15) is 0 Å². The molecule has 0 saturated carbocycles. The number of aliphatic hydroxyl groups is 1. The van der Waals surface area contributed by atoms with Gasteiger partial charge in [0.05, 0.1) is 12.7 Å². The van der Waals surface area contributed by atoms with E-state index in [-0.39, 0.29) is 31.7 Å². The number of hydrogen-bond acceptors (Lipinski definition) is 4. The predicted octanol–water partition coefficient (Wildman–Crippen LogP) is 0.780. The first-order chi connectivity index (χ1) is 9.27. The summed E-state index contributed by atoms with van der Waals surface area (Å²) in [5, 5.41) is 9.30. The van der Waals surface area contributed by atoms with Crippen LogP contribution in [-0.2, 0) is 14.8 Å². The fourth-order valence-electron chi connectivity index (χ4n) is 1.49. The Morgan fingerprint density at radius 2 is 1.85 bits per heavy atom. The molecule has 1 aromatic rings. The highest BCUT2D eigenvalue weighted by atomic mass is 32.2. The Morgan fingerprint density at radius 3 is 2.35 bits per heavy atom. The molecule has 0 amide bonds. The van der Waals surface area contributed by atoms with Crippen molar-refractivity contribution in [3.63, 3.8) is 0 Å². The van der Waals surface area contributed by atoms with Gasteiger partial charge in [0.25, 0.3) is 0 Å². The summed E-state index contributed by atoms with van der Waals surface area (Å²) in [6, 6.07) is 0.550. The van der Waals surface area contributed by atoms with Gasteiger partial charge in [-0.15, -0.1) is 0 Å². The maximum absolute atomic E-state index is 13.3. The minimum absolute atomic E-state index is 0.000990. The van der Waals surface area contributed by atoms with Gasteiger partial charge >= 0.3 is 0 Å². The highest BCUT2D eigenvalue weighted by molar-refractivity contribution is 7.89. The van der Waals surface area contributed by atoms with Crippen molar-refractivity contribution in [3.8, 4) is 0 Å². The van der Waals surface area contributed by atoms with Crippen molar-refractivity contribution < 1.29 is 31.4 Å². The van der Waals surface area contributed by atoms with Crippen molar-refractivity contribution in [1.82, 2.24) is 4.72 Å². The molecule has 114 valence electrons. The quantitative estimate of drug-likeness (QED) is 0.780. The monoisotopic (exact) mass is 313 g/mol. The molecular weight excluding hydrogens is 299 g/mol. The van der Waals surface area contributed by atoms with Crippen LogP contribution >= 0.6 is 0 Å². The summed E-state index contributed by atoms with van der Waals surface area (Å²) in [6.45, 7) is -0.246. The van der Waals surface area contributed by atoms with E-state index in [9.17, 15) is 26.7 Å². The zero-order valence-electron chi connectivity index (χ0n) is 10.6. The van der Waals surface area contributed by atoms with Crippen LogP contribution < -0.4 is 4.72 Å². The lowest BCUT2D eigenvalue weighted by atomic mass is 10.3. The Labute approximate surface area is 114 Å². The second-order valence-electron chi connectivity index (χ2n) is 3.99. The molecule has 1 rings (SSSR count). The summed E-state index contributed by atoms with van der Waals surface area (Å²) in [7, 11) is -3.11. The first-order valence-electron chi connectivity index (χ1n) is 5.59. The van der Waals surface area contributed by atoms with Crippen LogP contribution in [0.5, 0.6) is 0 Å². The van der Waals surface area contributed by atoms with Crippen LogP contribution in [0.15, 0.2) is 17.0 Å². The molecule has 0 saturated heterocycles. The summed E-state index contributed by atoms with van der Waals surface area (Å²) in [4.78, 5) is -1.25. The van der Waals surface area contributed by atoms with Gasteiger partial charge in [-0.3, -0.25) is 0 Å². The maximum Gasteiger partial charge on any atom is 0.246 e. The molecule has 0 heterocycles. The van der Waals surface area contributed by atoms with Gasteiger partial charge in [-0.05, 0) is 6.42 Å². The van der Waals surface area contributed by atoms with E-state index in [1.807, 2.05) is 4.72 Å². The topological polar surface area (TPSA) is 75.6 Å². The first-order valence-corrected chi connectivity index (χ1v) is 7.07. The van der Waals surface area contributed by atoms with Gasteiger partial charge in [0, 0.05) is 25.8 Å². The number of sulfonamides is 1. The van der Waals surface area contributed by atoms with Crippen LogP contribution in [0.3, 0.4) is 0 Å². The van der Waals surface area contributed by atoms with Gasteiger partial charge in [0.2, 0.25) is 10.0 Å². The molecule has 0 aromatic heterocycles. The number of rotatable bonds is 7.